The van der Waals surface area contributed by atoms with E-state index in [1.807, 2.05) is 24.3 Å². The average Bonchev–Trinajstić information content (AvgIpc) is 2.99. The molecule has 0 saturated heterocycles. The minimum Gasteiger partial charge on any atom is -0.390 e. The summed E-state index contributed by atoms with van der Waals surface area (Å²) in [5, 5.41) is 22.7. The fourth-order valence-corrected chi connectivity index (χ4v) is 3.05. The van der Waals surface area contributed by atoms with Crippen LogP contribution in [0.3, 0.4) is 0 Å². The number of nitrogens with zero attached hydrogens (tertiary/aromatic N) is 3. The Morgan fingerprint density at radius 1 is 1.08 bits per heavy atom. The van der Waals surface area contributed by atoms with Crippen LogP contribution < -0.4 is 5.14 Å². The molecule has 9 heteroatoms. The van der Waals surface area contributed by atoms with Crippen LogP contribution >= 0.6 is 15.9 Å². The molecule has 3 N–H and O–H groups in total. The first-order valence-corrected chi connectivity index (χ1v) is 9.18. The van der Waals surface area contributed by atoms with Crippen molar-refractivity contribution in [3.05, 3.63) is 58.7 Å². The van der Waals surface area contributed by atoms with Crippen molar-refractivity contribution in [2.75, 3.05) is 0 Å². The van der Waals surface area contributed by atoms with Gasteiger partial charge in [0, 0.05) is 10.0 Å². The maximum Gasteiger partial charge on any atom is 0.238 e. The first-order valence-electron chi connectivity index (χ1n) is 6.85. The van der Waals surface area contributed by atoms with E-state index in [-0.39, 0.29) is 11.5 Å². The molecule has 0 fully saturated rings. The number of primary sulfonamides is 1. The summed E-state index contributed by atoms with van der Waals surface area (Å²) >= 11 is 3.38. The third kappa shape index (κ3) is 3.24. The monoisotopic (exact) mass is 408 g/mol. The molecule has 1 aromatic heterocycles. The van der Waals surface area contributed by atoms with Gasteiger partial charge in [-0.15, -0.1) is 5.10 Å². The topological polar surface area (TPSA) is 111 Å². The van der Waals surface area contributed by atoms with Gasteiger partial charge in [0.2, 0.25) is 10.0 Å². The van der Waals surface area contributed by atoms with E-state index < -0.39 is 10.0 Å². The largest absolute Gasteiger partial charge is 0.390 e. The van der Waals surface area contributed by atoms with E-state index in [0.29, 0.717) is 17.1 Å². The summed E-state index contributed by atoms with van der Waals surface area (Å²) in [6.45, 7) is -0.263. The highest BCUT2D eigenvalue weighted by atomic mass is 79.9. The van der Waals surface area contributed by atoms with E-state index in [9.17, 15) is 13.5 Å². The number of rotatable bonds is 4. The molecule has 0 atom stereocenters. The number of aliphatic hydroxyl groups is 1. The van der Waals surface area contributed by atoms with E-state index in [0.717, 1.165) is 10.0 Å². The second-order valence-corrected chi connectivity index (χ2v) is 7.48. The quantitative estimate of drug-likeness (QED) is 0.683. The van der Waals surface area contributed by atoms with Gasteiger partial charge in [-0.2, -0.15) is 0 Å². The molecule has 1 heterocycles. The van der Waals surface area contributed by atoms with Gasteiger partial charge in [-0.3, -0.25) is 0 Å². The Hall–Kier alpha value is -2.07. The fourth-order valence-electron chi connectivity index (χ4n) is 2.27. The second kappa shape index (κ2) is 6.44. The Labute approximate surface area is 146 Å². The zero-order valence-electron chi connectivity index (χ0n) is 12.3. The van der Waals surface area contributed by atoms with E-state index in [4.69, 9.17) is 5.14 Å². The zero-order valence-corrected chi connectivity index (χ0v) is 14.7. The lowest BCUT2D eigenvalue weighted by atomic mass is 10.1. The number of hydrogen-bond acceptors (Lipinski definition) is 5. The summed E-state index contributed by atoms with van der Waals surface area (Å²) in [5.74, 6) is 0. The van der Waals surface area contributed by atoms with E-state index >= 15 is 0 Å². The Morgan fingerprint density at radius 3 is 2.25 bits per heavy atom. The van der Waals surface area contributed by atoms with Crippen molar-refractivity contribution < 1.29 is 13.5 Å². The number of aromatic nitrogens is 3. The molecule has 0 bridgehead atoms. The van der Waals surface area contributed by atoms with Gasteiger partial charge in [-0.05, 0) is 36.4 Å². The molecular formula is C15H13BrN4O3S. The van der Waals surface area contributed by atoms with Crippen molar-refractivity contribution in [1.29, 1.82) is 0 Å². The molecule has 0 saturated carbocycles. The van der Waals surface area contributed by atoms with Gasteiger partial charge in [0.05, 0.1) is 17.2 Å². The third-order valence-electron chi connectivity index (χ3n) is 3.42. The third-order valence-corrected chi connectivity index (χ3v) is 4.88. The Morgan fingerprint density at radius 2 is 1.71 bits per heavy atom. The summed E-state index contributed by atoms with van der Waals surface area (Å²) in [6, 6.07) is 13.5. The normalized spacial score (nSPS) is 11.6. The lowest BCUT2D eigenvalue weighted by molar-refractivity contribution is 0.277. The van der Waals surface area contributed by atoms with Gasteiger partial charge in [0.1, 0.15) is 11.4 Å². The summed E-state index contributed by atoms with van der Waals surface area (Å²) in [5.41, 5.74) is 2.48. The molecule has 24 heavy (non-hydrogen) atoms. The molecule has 3 rings (SSSR count). The van der Waals surface area contributed by atoms with Crippen LogP contribution in [0.4, 0.5) is 0 Å². The number of sulfonamides is 1. The molecular weight excluding hydrogens is 396 g/mol. The molecule has 0 aliphatic rings. The van der Waals surface area contributed by atoms with Crippen LogP contribution in [0.25, 0.3) is 16.9 Å². The van der Waals surface area contributed by atoms with Crippen LogP contribution in [-0.4, -0.2) is 28.5 Å². The fraction of sp³-hybridized carbons (Fsp3) is 0.0667. The standard InChI is InChI=1S/C15H13BrN4O3S/c16-11-3-1-10(2-4-11)15-14(9-21)18-19-20(15)12-5-7-13(8-6-12)24(17,22)23/h1-8,21H,9H2,(H2,17,22,23). The van der Waals surface area contributed by atoms with Gasteiger partial charge < -0.3 is 5.11 Å². The first kappa shape index (κ1) is 16.8. The Balaban J connectivity index is 2.12. The number of nitrogens with two attached hydrogens (primary N) is 1. The van der Waals surface area contributed by atoms with Gasteiger partial charge >= 0.3 is 0 Å². The Bertz CT molecular complexity index is 967. The number of hydrogen-bond donors (Lipinski definition) is 2. The Kier molecular flexibility index (Phi) is 4.50. The van der Waals surface area contributed by atoms with Crippen molar-refractivity contribution in [3.8, 4) is 16.9 Å². The minimum atomic E-state index is -3.76. The lowest BCUT2D eigenvalue weighted by Crippen LogP contribution is -2.12. The van der Waals surface area contributed by atoms with E-state index in [1.54, 1.807) is 16.8 Å². The van der Waals surface area contributed by atoms with Crippen molar-refractivity contribution in [2.24, 2.45) is 5.14 Å². The average molecular weight is 409 g/mol. The highest BCUT2D eigenvalue weighted by Gasteiger charge is 2.16. The van der Waals surface area contributed by atoms with Crippen LogP contribution in [0.2, 0.25) is 0 Å². The van der Waals surface area contributed by atoms with E-state index in [1.165, 1.54) is 12.1 Å². The van der Waals surface area contributed by atoms with Crippen LogP contribution in [-0.2, 0) is 16.6 Å². The summed E-state index contributed by atoms with van der Waals surface area (Å²) in [7, 11) is -3.76. The van der Waals surface area contributed by atoms with Gasteiger partial charge in [0.15, 0.2) is 0 Å². The molecule has 124 valence electrons. The maximum absolute atomic E-state index is 11.4. The summed E-state index contributed by atoms with van der Waals surface area (Å²) < 4.78 is 25.2. The molecule has 0 radical (unpaired) electrons. The molecule has 0 spiro atoms. The molecule has 0 amide bonds. The molecule has 2 aromatic carbocycles. The summed E-state index contributed by atoms with van der Waals surface area (Å²) in [4.78, 5) is 0.0129. The molecule has 0 aliphatic heterocycles. The smallest absolute Gasteiger partial charge is 0.238 e. The SMILES string of the molecule is NS(=O)(=O)c1ccc(-n2nnc(CO)c2-c2ccc(Br)cc2)cc1. The maximum atomic E-state index is 11.4. The van der Waals surface area contributed by atoms with E-state index in [2.05, 4.69) is 26.2 Å². The summed E-state index contributed by atoms with van der Waals surface area (Å²) in [6.07, 6.45) is 0. The molecule has 0 unspecified atom stereocenters. The van der Waals surface area contributed by atoms with Crippen LogP contribution in [0.1, 0.15) is 5.69 Å². The van der Waals surface area contributed by atoms with Gasteiger partial charge in [-0.25, -0.2) is 18.2 Å². The first-order chi connectivity index (χ1) is 11.4. The van der Waals surface area contributed by atoms with Gasteiger partial charge in [-0.1, -0.05) is 33.3 Å². The zero-order chi connectivity index (χ0) is 17.3. The lowest BCUT2D eigenvalue weighted by Gasteiger charge is -2.08. The highest BCUT2D eigenvalue weighted by molar-refractivity contribution is 9.10. The van der Waals surface area contributed by atoms with Crippen LogP contribution in [0.15, 0.2) is 57.9 Å². The highest BCUT2D eigenvalue weighted by Crippen LogP contribution is 2.27. The van der Waals surface area contributed by atoms with Crippen LogP contribution in [0.5, 0.6) is 0 Å². The molecule has 7 nitrogen and oxygen atoms in total. The van der Waals surface area contributed by atoms with Gasteiger partial charge in [0.25, 0.3) is 0 Å². The predicted molar refractivity (Wildman–Crippen MR) is 91.8 cm³/mol. The number of benzene rings is 2. The van der Waals surface area contributed by atoms with Crippen molar-refractivity contribution in [3.63, 3.8) is 0 Å². The van der Waals surface area contributed by atoms with Crippen molar-refractivity contribution >= 4 is 26.0 Å². The van der Waals surface area contributed by atoms with Crippen molar-refractivity contribution in [2.45, 2.75) is 11.5 Å². The second-order valence-electron chi connectivity index (χ2n) is 5.00. The molecule has 0 aliphatic carbocycles. The van der Waals surface area contributed by atoms with Crippen LogP contribution in [0, 0.1) is 0 Å². The number of aliphatic hydroxyl groups excluding tert-OH is 1. The molecule has 3 aromatic rings. The predicted octanol–water partition coefficient (Wildman–Crippen LogP) is 1.84. The number of halogens is 1. The van der Waals surface area contributed by atoms with Crippen molar-refractivity contribution in [1.82, 2.24) is 15.0 Å². The minimum absolute atomic E-state index is 0.0129.